The van der Waals surface area contributed by atoms with Crippen molar-refractivity contribution in [2.75, 3.05) is 36.2 Å². The summed E-state index contributed by atoms with van der Waals surface area (Å²) in [6.45, 7) is 1.90. The first-order valence-corrected chi connectivity index (χ1v) is 8.87. The molecule has 0 aliphatic carbocycles. The van der Waals surface area contributed by atoms with Crippen LogP contribution in [0.5, 0.6) is 5.75 Å². The number of carbonyl (C=O) groups is 1. The van der Waals surface area contributed by atoms with E-state index >= 15 is 0 Å². The Hall–Kier alpha value is -3.61. The van der Waals surface area contributed by atoms with Crippen LogP contribution in [-0.2, 0) is 4.79 Å². The van der Waals surface area contributed by atoms with E-state index in [0.29, 0.717) is 17.4 Å². The summed E-state index contributed by atoms with van der Waals surface area (Å²) < 4.78 is 5.45. The summed E-state index contributed by atoms with van der Waals surface area (Å²) in [5, 5.41) is 13.9. The van der Waals surface area contributed by atoms with E-state index in [-0.39, 0.29) is 12.5 Å². The number of ether oxygens (including phenoxy) is 1. The fourth-order valence-electron chi connectivity index (χ4n) is 2.42. The maximum atomic E-state index is 12.0. The van der Waals surface area contributed by atoms with Crippen LogP contribution >= 0.6 is 0 Å². The number of nitrogens with zero attached hydrogens (tertiary/aromatic N) is 3. The van der Waals surface area contributed by atoms with Gasteiger partial charge in [0.15, 0.2) is 18.2 Å². The molecule has 0 fully saturated rings. The maximum Gasteiger partial charge on any atom is 0.263 e. The fourth-order valence-corrected chi connectivity index (χ4v) is 2.42. The molecule has 0 unspecified atom stereocenters. The molecule has 7 heteroatoms. The molecule has 0 aliphatic rings. The van der Waals surface area contributed by atoms with Crippen LogP contribution in [0.25, 0.3) is 0 Å². The van der Waals surface area contributed by atoms with Gasteiger partial charge in [0.25, 0.3) is 5.91 Å². The molecule has 1 aromatic heterocycles. The Morgan fingerprint density at radius 3 is 2.18 bits per heavy atom. The molecule has 0 radical (unpaired) electrons. The van der Waals surface area contributed by atoms with Crippen molar-refractivity contribution in [3.63, 3.8) is 0 Å². The van der Waals surface area contributed by atoms with Crippen LogP contribution in [0.1, 0.15) is 5.56 Å². The van der Waals surface area contributed by atoms with Gasteiger partial charge in [-0.15, -0.1) is 10.2 Å². The van der Waals surface area contributed by atoms with E-state index in [2.05, 4.69) is 20.8 Å². The summed E-state index contributed by atoms with van der Waals surface area (Å²) in [5.74, 6) is 1.30. The number of hydrogen-bond donors (Lipinski definition) is 2. The van der Waals surface area contributed by atoms with Gasteiger partial charge in [0.2, 0.25) is 0 Å². The fraction of sp³-hybridized carbons (Fsp3) is 0.190. The molecule has 28 heavy (non-hydrogen) atoms. The van der Waals surface area contributed by atoms with E-state index in [1.165, 1.54) is 0 Å². The van der Waals surface area contributed by atoms with Crippen molar-refractivity contribution < 1.29 is 9.53 Å². The topological polar surface area (TPSA) is 79.4 Å². The van der Waals surface area contributed by atoms with E-state index in [0.717, 1.165) is 16.9 Å². The number of amides is 1. The number of aryl methyl sites for hydroxylation is 1. The Morgan fingerprint density at radius 1 is 0.929 bits per heavy atom. The van der Waals surface area contributed by atoms with E-state index in [9.17, 15) is 4.79 Å². The van der Waals surface area contributed by atoms with Crippen molar-refractivity contribution in [2.24, 2.45) is 0 Å². The Balaban J connectivity index is 1.50. The van der Waals surface area contributed by atoms with Crippen molar-refractivity contribution in [1.29, 1.82) is 0 Å². The minimum atomic E-state index is -0.296. The quantitative estimate of drug-likeness (QED) is 0.655. The Kier molecular flexibility index (Phi) is 6.06. The summed E-state index contributed by atoms with van der Waals surface area (Å²) in [6, 6.07) is 18.9. The van der Waals surface area contributed by atoms with Crippen molar-refractivity contribution in [1.82, 2.24) is 10.2 Å². The van der Waals surface area contributed by atoms with Gasteiger partial charge in [-0.3, -0.25) is 4.79 Å². The summed E-state index contributed by atoms with van der Waals surface area (Å²) >= 11 is 0. The summed E-state index contributed by atoms with van der Waals surface area (Å²) in [7, 11) is 3.99. The molecule has 2 N–H and O–H groups in total. The van der Waals surface area contributed by atoms with Gasteiger partial charge in [0.05, 0.1) is 0 Å². The summed E-state index contributed by atoms with van der Waals surface area (Å²) in [6.07, 6.45) is 0. The number of anilines is 4. The molecule has 0 spiro atoms. The third kappa shape index (κ3) is 5.44. The summed E-state index contributed by atoms with van der Waals surface area (Å²) in [5.41, 5.74) is 3.15. The van der Waals surface area contributed by atoms with Gasteiger partial charge < -0.3 is 20.3 Å². The van der Waals surface area contributed by atoms with Crippen LogP contribution in [0.2, 0.25) is 0 Å². The van der Waals surface area contributed by atoms with Crippen LogP contribution < -0.4 is 20.3 Å². The second-order valence-electron chi connectivity index (χ2n) is 6.52. The van der Waals surface area contributed by atoms with Crippen LogP contribution in [0.4, 0.5) is 23.0 Å². The molecule has 7 nitrogen and oxygen atoms in total. The predicted molar refractivity (Wildman–Crippen MR) is 111 cm³/mol. The second kappa shape index (κ2) is 8.85. The summed E-state index contributed by atoms with van der Waals surface area (Å²) in [4.78, 5) is 14.0. The second-order valence-corrected chi connectivity index (χ2v) is 6.52. The highest BCUT2D eigenvalue weighted by Crippen LogP contribution is 2.19. The smallest absolute Gasteiger partial charge is 0.263 e. The number of carbonyl (C=O) groups excluding carboxylic acids is 1. The first-order valence-electron chi connectivity index (χ1n) is 8.87. The lowest BCUT2D eigenvalue weighted by molar-refractivity contribution is -0.118. The van der Waals surface area contributed by atoms with Gasteiger partial charge in [0, 0.05) is 25.5 Å². The number of benzene rings is 2. The molecule has 2 aromatic carbocycles. The lowest BCUT2D eigenvalue weighted by atomic mass is 10.2. The van der Waals surface area contributed by atoms with Crippen LogP contribution in [0, 0.1) is 6.92 Å². The highest BCUT2D eigenvalue weighted by atomic mass is 16.5. The van der Waals surface area contributed by atoms with Crippen LogP contribution in [0.3, 0.4) is 0 Å². The lowest BCUT2D eigenvalue weighted by Crippen LogP contribution is -2.21. The zero-order chi connectivity index (χ0) is 19.9. The van der Waals surface area contributed by atoms with Crippen molar-refractivity contribution >= 4 is 28.9 Å². The molecule has 0 atom stereocenters. The van der Waals surface area contributed by atoms with E-state index in [4.69, 9.17) is 4.74 Å². The van der Waals surface area contributed by atoms with Gasteiger partial charge in [-0.05, 0) is 55.5 Å². The van der Waals surface area contributed by atoms with Gasteiger partial charge >= 0.3 is 0 Å². The zero-order valence-corrected chi connectivity index (χ0v) is 16.1. The maximum absolute atomic E-state index is 12.0. The van der Waals surface area contributed by atoms with E-state index in [1.54, 1.807) is 12.1 Å². The molecule has 144 valence electrons. The van der Waals surface area contributed by atoms with Crippen molar-refractivity contribution in [3.8, 4) is 5.75 Å². The van der Waals surface area contributed by atoms with Crippen molar-refractivity contribution in [2.45, 2.75) is 6.92 Å². The molecule has 3 rings (SSSR count). The Morgan fingerprint density at radius 2 is 1.57 bits per heavy atom. The molecule has 0 bridgehead atoms. The third-order valence-electron chi connectivity index (χ3n) is 3.98. The van der Waals surface area contributed by atoms with E-state index < -0.39 is 0 Å². The SMILES string of the molecule is Cc1ccc(OCC(=O)Nc2ccc(Nc3ccc(N(C)C)cc3)nn2)cc1. The lowest BCUT2D eigenvalue weighted by Gasteiger charge is -2.13. The molecule has 0 saturated carbocycles. The van der Waals surface area contributed by atoms with Gasteiger partial charge in [-0.25, -0.2) is 0 Å². The zero-order valence-electron chi connectivity index (χ0n) is 16.1. The Labute approximate surface area is 164 Å². The minimum absolute atomic E-state index is 0.0943. The Bertz CT molecular complexity index is 907. The van der Waals surface area contributed by atoms with Gasteiger partial charge in [-0.1, -0.05) is 17.7 Å². The molecule has 0 saturated heterocycles. The molecule has 1 heterocycles. The van der Waals surface area contributed by atoms with E-state index in [1.807, 2.05) is 74.4 Å². The number of rotatable bonds is 7. The van der Waals surface area contributed by atoms with Crippen LogP contribution in [0.15, 0.2) is 60.7 Å². The molecule has 3 aromatic rings. The molecule has 1 amide bonds. The largest absolute Gasteiger partial charge is 0.484 e. The van der Waals surface area contributed by atoms with Gasteiger partial charge in [0.1, 0.15) is 5.75 Å². The molecular formula is C21H23N5O2. The minimum Gasteiger partial charge on any atom is -0.484 e. The average Bonchev–Trinajstić information content (AvgIpc) is 2.69. The number of hydrogen-bond acceptors (Lipinski definition) is 6. The first kappa shape index (κ1) is 19.2. The highest BCUT2D eigenvalue weighted by Gasteiger charge is 2.06. The molecule has 0 aliphatic heterocycles. The average molecular weight is 377 g/mol. The standard InChI is InChI=1S/C21H23N5O2/c1-15-4-10-18(11-5-15)28-14-21(27)23-20-13-12-19(24-25-20)22-16-6-8-17(9-7-16)26(2)3/h4-13H,14H2,1-3H3,(H,22,24)(H,23,25,27). The number of aromatic nitrogens is 2. The van der Waals surface area contributed by atoms with Gasteiger partial charge in [-0.2, -0.15) is 0 Å². The highest BCUT2D eigenvalue weighted by molar-refractivity contribution is 5.90. The molecular weight excluding hydrogens is 354 g/mol. The van der Waals surface area contributed by atoms with Crippen molar-refractivity contribution in [3.05, 3.63) is 66.2 Å². The third-order valence-corrected chi connectivity index (χ3v) is 3.98. The predicted octanol–water partition coefficient (Wildman–Crippen LogP) is 3.61. The first-order chi connectivity index (χ1) is 13.5. The normalized spacial score (nSPS) is 10.2. The number of nitrogens with one attached hydrogen (secondary N) is 2. The monoisotopic (exact) mass is 377 g/mol. The van der Waals surface area contributed by atoms with Crippen LogP contribution in [-0.4, -0.2) is 36.8 Å².